The molecule has 0 saturated carbocycles. The van der Waals surface area contributed by atoms with Gasteiger partial charge in [-0.25, -0.2) is 4.79 Å². The van der Waals surface area contributed by atoms with Crippen molar-refractivity contribution in [3.05, 3.63) is 35.4 Å². The minimum absolute atomic E-state index is 0.227. The number of hydrogen-bond donors (Lipinski definition) is 1. The van der Waals surface area contributed by atoms with Crippen molar-refractivity contribution in [3.8, 4) is 6.07 Å². The van der Waals surface area contributed by atoms with Gasteiger partial charge in [-0.15, -0.1) is 0 Å². The van der Waals surface area contributed by atoms with Crippen molar-refractivity contribution in [2.45, 2.75) is 26.3 Å². The Bertz CT molecular complexity index is 532. The summed E-state index contributed by atoms with van der Waals surface area (Å²) in [6.45, 7) is 3.49. The average molecular weight is 274 g/mol. The summed E-state index contributed by atoms with van der Waals surface area (Å²) in [5.41, 5.74) is 1.19. The van der Waals surface area contributed by atoms with Crippen LogP contribution in [0.25, 0.3) is 0 Å². The highest BCUT2D eigenvalue weighted by molar-refractivity contribution is 5.85. The minimum atomic E-state index is -0.788. The Balaban J connectivity index is 2.93. The van der Waals surface area contributed by atoms with Gasteiger partial charge in [0.15, 0.2) is 0 Å². The molecule has 1 rings (SSSR count). The Morgan fingerprint density at radius 1 is 1.35 bits per heavy atom. The third-order valence-electron chi connectivity index (χ3n) is 2.89. The van der Waals surface area contributed by atoms with Crippen LogP contribution in [0.5, 0.6) is 0 Å². The first-order chi connectivity index (χ1) is 9.49. The zero-order valence-electron chi connectivity index (χ0n) is 11.8. The zero-order chi connectivity index (χ0) is 15.1. The summed E-state index contributed by atoms with van der Waals surface area (Å²) in [5.74, 6) is -0.977. The third kappa shape index (κ3) is 4.09. The molecule has 0 aliphatic carbocycles. The molecule has 0 aliphatic rings. The molecule has 0 aromatic heterocycles. The highest BCUT2D eigenvalue weighted by atomic mass is 16.5. The van der Waals surface area contributed by atoms with Crippen LogP contribution in [0.3, 0.4) is 0 Å². The zero-order valence-corrected chi connectivity index (χ0v) is 11.8. The monoisotopic (exact) mass is 274 g/mol. The number of nitrogens with zero attached hydrogens (tertiary/aromatic N) is 1. The molecule has 0 fully saturated rings. The maximum absolute atomic E-state index is 11.8. The quantitative estimate of drug-likeness (QED) is 0.823. The van der Waals surface area contributed by atoms with Crippen LogP contribution in [-0.2, 0) is 20.7 Å². The first-order valence-electron chi connectivity index (χ1n) is 6.35. The third-order valence-corrected chi connectivity index (χ3v) is 2.89. The van der Waals surface area contributed by atoms with Crippen molar-refractivity contribution in [1.29, 1.82) is 5.26 Å². The van der Waals surface area contributed by atoms with E-state index in [1.165, 1.54) is 7.11 Å². The van der Waals surface area contributed by atoms with E-state index in [2.05, 4.69) is 11.4 Å². The number of carbonyl (C=O) groups is 2. The van der Waals surface area contributed by atoms with E-state index in [0.717, 1.165) is 0 Å². The summed E-state index contributed by atoms with van der Waals surface area (Å²) in [4.78, 5) is 23.5. The van der Waals surface area contributed by atoms with Crippen molar-refractivity contribution in [2.75, 3.05) is 7.11 Å². The number of methoxy groups -OCH3 is 1. The van der Waals surface area contributed by atoms with Crippen LogP contribution in [0.1, 0.15) is 25.0 Å². The molecule has 106 valence electrons. The normalized spacial score (nSPS) is 11.6. The second-order valence-corrected chi connectivity index (χ2v) is 4.71. The summed E-state index contributed by atoms with van der Waals surface area (Å²) in [6.07, 6.45) is 0.231. The van der Waals surface area contributed by atoms with Gasteiger partial charge in [0.25, 0.3) is 0 Å². The first-order valence-corrected chi connectivity index (χ1v) is 6.35. The van der Waals surface area contributed by atoms with Gasteiger partial charge in [0.1, 0.15) is 6.04 Å². The summed E-state index contributed by atoms with van der Waals surface area (Å²) in [7, 11) is 1.27. The van der Waals surface area contributed by atoms with Crippen molar-refractivity contribution in [2.24, 2.45) is 5.92 Å². The summed E-state index contributed by atoms with van der Waals surface area (Å²) in [6, 6.07) is 8.25. The van der Waals surface area contributed by atoms with Gasteiger partial charge >= 0.3 is 5.97 Å². The Hall–Kier alpha value is -2.35. The van der Waals surface area contributed by atoms with Gasteiger partial charge in [-0.3, -0.25) is 4.79 Å². The number of esters is 1. The lowest BCUT2D eigenvalue weighted by Crippen LogP contribution is -2.44. The molecular weight excluding hydrogens is 256 g/mol. The molecule has 1 N–H and O–H groups in total. The molecule has 1 atom stereocenters. The minimum Gasteiger partial charge on any atom is -0.467 e. The van der Waals surface area contributed by atoms with E-state index in [1.54, 1.807) is 38.1 Å². The number of amides is 1. The molecule has 0 radical (unpaired) electrons. The molecule has 1 amide bonds. The van der Waals surface area contributed by atoms with Crippen molar-refractivity contribution < 1.29 is 14.3 Å². The standard InChI is InChI=1S/C15H18N2O3/c1-10(2)14(18)17-13(15(19)20-3)8-11-6-4-5-7-12(11)9-16/h4-7,10,13H,8H2,1-3H3,(H,17,18)/t13-/m1/s1. The maximum Gasteiger partial charge on any atom is 0.328 e. The van der Waals surface area contributed by atoms with Crippen LogP contribution in [0.2, 0.25) is 0 Å². The smallest absolute Gasteiger partial charge is 0.328 e. The Morgan fingerprint density at radius 3 is 2.55 bits per heavy atom. The van der Waals surface area contributed by atoms with Crippen molar-refractivity contribution in [3.63, 3.8) is 0 Å². The predicted octanol–water partition coefficient (Wildman–Crippen LogP) is 1.41. The number of rotatable bonds is 5. The summed E-state index contributed by atoms with van der Waals surface area (Å²) in [5, 5.41) is 11.7. The highest BCUT2D eigenvalue weighted by Gasteiger charge is 2.23. The Labute approximate surface area is 118 Å². The highest BCUT2D eigenvalue weighted by Crippen LogP contribution is 2.11. The fraction of sp³-hybridized carbons (Fsp3) is 0.400. The molecule has 5 nitrogen and oxygen atoms in total. The first kappa shape index (κ1) is 15.7. The average Bonchev–Trinajstić information content (AvgIpc) is 2.45. The number of nitrogens with one attached hydrogen (secondary N) is 1. The maximum atomic E-state index is 11.8. The predicted molar refractivity (Wildman–Crippen MR) is 73.6 cm³/mol. The molecule has 0 spiro atoms. The molecule has 0 unspecified atom stereocenters. The topological polar surface area (TPSA) is 79.2 Å². The number of nitriles is 1. The summed E-state index contributed by atoms with van der Waals surface area (Å²) >= 11 is 0. The van der Waals surface area contributed by atoms with E-state index < -0.39 is 12.0 Å². The molecule has 1 aromatic rings. The SMILES string of the molecule is COC(=O)[C@@H](Cc1ccccc1C#N)NC(=O)C(C)C. The van der Waals surface area contributed by atoms with Gasteiger partial charge < -0.3 is 10.1 Å². The van der Waals surface area contributed by atoms with Gasteiger partial charge in [-0.2, -0.15) is 5.26 Å². The van der Waals surface area contributed by atoms with Crippen LogP contribution in [0.4, 0.5) is 0 Å². The van der Waals surface area contributed by atoms with Crippen LogP contribution in [-0.4, -0.2) is 25.0 Å². The van der Waals surface area contributed by atoms with E-state index in [9.17, 15) is 9.59 Å². The van der Waals surface area contributed by atoms with E-state index in [-0.39, 0.29) is 18.2 Å². The van der Waals surface area contributed by atoms with E-state index in [1.807, 2.05) is 0 Å². The van der Waals surface area contributed by atoms with Gasteiger partial charge in [-0.05, 0) is 11.6 Å². The molecule has 0 saturated heterocycles. The van der Waals surface area contributed by atoms with E-state index in [0.29, 0.717) is 11.1 Å². The molecule has 0 heterocycles. The van der Waals surface area contributed by atoms with Crippen molar-refractivity contribution in [1.82, 2.24) is 5.32 Å². The van der Waals surface area contributed by atoms with Gasteiger partial charge in [-0.1, -0.05) is 32.0 Å². The molecule has 20 heavy (non-hydrogen) atoms. The fourth-order valence-electron chi connectivity index (χ4n) is 1.70. The van der Waals surface area contributed by atoms with Crippen LogP contribution < -0.4 is 5.32 Å². The van der Waals surface area contributed by atoms with E-state index in [4.69, 9.17) is 10.00 Å². The van der Waals surface area contributed by atoms with Crippen LogP contribution in [0.15, 0.2) is 24.3 Å². The largest absolute Gasteiger partial charge is 0.467 e. The number of hydrogen-bond acceptors (Lipinski definition) is 4. The fourth-order valence-corrected chi connectivity index (χ4v) is 1.70. The lowest BCUT2D eigenvalue weighted by molar-refractivity contribution is -0.145. The molecule has 0 bridgehead atoms. The van der Waals surface area contributed by atoms with Gasteiger partial charge in [0.2, 0.25) is 5.91 Å². The summed E-state index contributed by atoms with van der Waals surface area (Å²) < 4.78 is 4.70. The second kappa shape index (κ2) is 7.29. The molecule has 1 aromatic carbocycles. The van der Waals surface area contributed by atoms with Gasteiger partial charge in [0, 0.05) is 12.3 Å². The molecule has 0 aliphatic heterocycles. The number of ether oxygens (including phenoxy) is 1. The number of carbonyl (C=O) groups excluding carboxylic acids is 2. The number of benzene rings is 1. The lowest BCUT2D eigenvalue weighted by atomic mass is 10.0. The van der Waals surface area contributed by atoms with Crippen LogP contribution >= 0.6 is 0 Å². The van der Waals surface area contributed by atoms with E-state index >= 15 is 0 Å². The van der Waals surface area contributed by atoms with Crippen molar-refractivity contribution >= 4 is 11.9 Å². The van der Waals surface area contributed by atoms with Gasteiger partial charge in [0.05, 0.1) is 18.7 Å². The lowest BCUT2D eigenvalue weighted by Gasteiger charge is -2.18. The second-order valence-electron chi connectivity index (χ2n) is 4.71. The Morgan fingerprint density at radius 2 is 2.00 bits per heavy atom. The Kier molecular flexibility index (Phi) is 5.73. The molecular formula is C15H18N2O3. The van der Waals surface area contributed by atoms with Crippen LogP contribution in [0, 0.1) is 17.2 Å². The molecule has 5 heteroatoms.